The minimum absolute atomic E-state index is 0.107. The van der Waals surface area contributed by atoms with Crippen molar-refractivity contribution in [1.82, 2.24) is 0 Å². The predicted molar refractivity (Wildman–Crippen MR) is 150 cm³/mol. The molecule has 1 heterocycles. The van der Waals surface area contributed by atoms with Gasteiger partial charge >= 0.3 is 0 Å². The fourth-order valence-corrected chi connectivity index (χ4v) is 5.48. The number of hydrogen-bond acceptors (Lipinski definition) is 4. The molecule has 4 aromatic rings. The summed E-state index contributed by atoms with van der Waals surface area (Å²) in [6.07, 6.45) is 5.56. The fraction of sp³-hybridized carbons (Fsp3) is 0.156. The highest BCUT2D eigenvalue weighted by atomic mass is 16.5. The third-order valence-electron chi connectivity index (χ3n) is 7.32. The van der Waals surface area contributed by atoms with E-state index < -0.39 is 0 Å². The van der Waals surface area contributed by atoms with E-state index in [2.05, 4.69) is 46.3 Å². The quantitative estimate of drug-likeness (QED) is 0.246. The monoisotopic (exact) mass is 487 g/mol. The molecule has 3 atom stereocenters. The van der Waals surface area contributed by atoms with Gasteiger partial charge < -0.3 is 20.7 Å². The van der Waals surface area contributed by atoms with E-state index in [1.807, 2.05) is 78.9 Å². The topological polar surface area (TPSA) is 62.4 Å². The van der Waals surface area contributed by atoms with Crippen molar-refractivity contribution in [3.8, 4) is 5.75 Å². The standard InChI is InChI=1S/C32H29N3O2/c1-37-25-19-13-21(14-20-25)30-27-10-5-9-26(27)28-11-6-12-29(31(28)35-30)32(36)34-24-17-15-23(16-18-24)33-22-7-3-2-4-8-22/h2-9,11-20,26-27,30,33,35H,10H2,1H3,(H,34,36). The van der Waals surface area contributed by atoms with Crippen LogP contribution in [0.2, 0.25) is 0 Å². The number of fused-ring (bicyclic) bond motifs is 3. The Hall–Kier alpha value is -4.51. The highest BCUT2D eigenvalue weighted by molar-refractivity contribution is 6.08. The van der Waals surface area contributed by atoms with E-state index in [4.69, 9.17) is 4.74 Å². The molecule has 184 valence electrons. The first-order valence-corrected chi connectivity index (χ1v) is 12.6. The van der Waals surface area contributed by atoms with E-state index >= 15 is 0 Å². The molecule has 1 aliphatic carbocycles. The Morgan fingerprint density at radius 1 is 0.838 bits per heavy atom. The summed E-state index contributed by atoms with van der Waals surface area (Å²) in [4.78, 5) is 13.5. The van der Waals surface area contributed by atoms with Crippen molar-refractivity contribution in [2.24, 2.45) is 5.92 Å². The molecule has 0 aromatic heterocycles. The Kier molecular flexibility index (Phi) is 6.11. The third-order valence-corrected chi connectivity index (χ3v) is 7.32. The third kappa shape index (κ3) is 4.56. The highest BCUT2D eigenvalue weighted by Gasteiger charge is 2.39. The van der Waals surface area contributed by atoms with Gasteiger partial charge in [-0.3, -0.25) is 4.79 Å². The minimum Gasteiger partial charge on any atom is -0.497 e. The number of hydrogen-bond donors (Lipinski definition) is 3. The lowest BCUT2D eigenvalue weighted by molar-refractivity contribution is 0.102. The molecule has 0 bridgehead atoms. The van der Waals surface area contributed by atoms with Crippen molar-refractivity contribution in [3.05, 3.63) is 126 Å². The molecule has 37 heavy (non-hydrogen) atoms. The summed E-state index contributed by atoms with van der Waals surface area (Å²) < 4.78 is 5.35. The fourth-order valence-electron chi connectivity index (χ4n) is 5.48. The first kappa shape index (κ1) is 22.9. The zero-order valence-corrected chi connectivity index (χ0v) is 20.6. The van der Waals surface area contributed by atoms with Gasteiger partial charge in [0.15, 0.2) is 0 Å². The van der Waals surface area contributed by atoms with Gasteiger partial charge in [0.05, 0.1) is 24.4 Å². The van der Waals surface area contributed by atoms with Crippen molar-refractivity contribution in [2.75, 3.05) is 23.1 Å². The molecule has 5 heteroatoms. The second-order valence-electron chi connectivity index (χ2n) is 9.54. The highest BCUT2D eigenvalue weighted by Crippen LogP contribution is 2.50. The van der Waals surface area contributed by atoms with Crippen molar-refractivity contribution in [1.29, 1.82) is 0 Å². The number of amides is 1. The van der Waals surface area contributed by atoms with Crippen LogP contribution in [-0.2, 0) is 0 Å². The van der Waals surface area contributed by atoms with Gasteiger partial charge in [-0.15, -0.1) is 0 Å². The van der Waals surface area contributed by atoms with Crippen molar-refractivity contribution >= 4 is 28.7 Å². The largest absolute Gasteiger partial charge is 0.497 e. The molecule has 6 rings (SSSR count). The average Bonchev–Trinajstić information content (AvgIpc) is 3.44. The molecular formula is C32H29N3O2. The smallest absolute Gasteiger partial charge is 0.257 e. The van der Waals surface area contributed by atoms with Gasteiger partial charge in [0.25, 0.3) is 5.91 Å². The van der Waals surface area contributed by atoms with Crippen molar-refractivity contribution in [2.45, 2.75) is 18.4 Å². The maximum absolute atomic E-state index is 13.5. The summed E-state index contributed by atoms with van der Waals surface area (Å²) in [7, 11) is 1.68. The minimum atomic E-state index is -0.123. The van der Waals surface area contributed by atoms with Crippen LogP contribution in [0.1, 0.15) is 39.9 Å². The van der Waals surface area contributed by atoms with Gasteiger partial charge in [0.2, 0.25) is 0 Å². The van der Waals surface area contributed by atoms with Crippen LogP contribution in [0.4, 0.5) is 22.7 Å². The van der Waals surface area contributed by atoms with E-state index in [0.29, 0.717) is 11.5 Å². The molecule has 0 radical (unpaired) electrons. The Morgan fingerprint density at radius 2 is 1.57 bits per heavy atom. The lowest BCUT2D eigenvalue weighted by atomic mass is 9.76. The number of rotatable bonds is 6. The molecule has 1 amide bonds. The zero-order chi connectivity index (χ0) is 25.2. The van der Waals surface area contributed by atoms with Gasteiger partial charge in [0.1, 0.15) is 5.75 Å². The van der Waals surface area contributed by atoms with Crippen LogP contribution >= 0.6 is 0 Å². The van der Waals surface area contributed by atoms with Crippen LogP contribution in [0.25, 0.3) is 0 Å². The van der Waals surface area contributed by atoms with Gasteiger partial charge in [-0.25, -0.2) is 0 Å². The summed E-state index contributed by atoms with van der Waals surface area (Å²) in [5, 5.41) is 10.2. The molecule has 0 spiro atoms. The number of ether oxygens (including phenoxy) is 1. The number of allylic oxidation sites excluding steroid dienone is 2. The molecule has 0 fully saturated rings. The van der Waals surface area contributed by atoms with Gasteiger partial charge in [-0.05, 0) is 78.1 Å². The van der Waals surface area contributed by atoms with Gasteiger partial charge in [-0.1, -0.05) is 54.6 Å². The normalized spacial score (nSPS) is 19.3. The SMILES string of the molecule is COc1ccc(C2Nc3c(C(=O)Nc4ccc(Nc5ccccc5)cc4)cccc3C3C=CCC32)cc1. The lowest BCUT2D eigenvalue weighted by Crippen LogP contribution is -2.30. The molecule has 3 N–H and O–H groups in total. The van der Waals surface area contributed by atoms with E-state index in [1.165, 1.54) is 11.1 Å². The lowest BCUT2D eigenvalue weighted by Gasteiger charge is -2.38. The van der Waals surface area contributed by atoms with Gasteiger partial charge in [0, 0.05) is 23.0 Å². The van der Waals surface area contributed by atoms with E-state index in [1.54, 1.807) is 7.11 Å². The Balaban J connectivity index is 1.24. The maximum Gasteiger partial charge on any atom is 0.257 e. The van der Waals surface area contributed by atoms with E-state index in [9.17, 15) is 4.79 Å². The molecule has 5 nitrogen and oxygen atoms in total. The average molecular weight is 488 g/mol. The Bertz CT molecular complexity index is 1430. The second kappa shape index (κ2) is 9.86. The zero-order valence-electron chi connectivity index (χ0n) is 20.6. The summed E-state index contributed by atoms with van der Waals surface area (Å²) in [5.74, 6) is 1.40. The van der Waals surface area contributed by atoms with Crippen LogP contribution in [0.3, 0.4) is 0 Å². The molecule has 0 saturated heterocycles. The first-order valence-electron chi connectivity index (χ1n) is 12.6. The number of para-hydroxylation sites is 2. The van der Waals surface area contributed by atoms with E-state index in [0.717, 1.165) is 34.9 Å². The molecule has 0 saturated carbocycles. The second-order valence-corrected chi connectivity index (χ2v) is 9.54. The van der Waals surface area contributed by atoms with Crippen molar-refractivity contribution in [3.63, 3.8) is 0 Å². The van der Waals surface area contributed by atoms with Crippen molar-refractivity contribution < 1.29 is 9.53 Å². The number of benzene rings is 4. The van der Waals surface area contributed by atoms with Crippen LogP contribution in [0.5, 0.6) is 5.75 Å². The summed E-state index contributed by atoms with van der Waals surface area (Å²) in [5.41, 5.74) is 6.68. The van der Waals surface area contributed by atoms with Crippen LogP contribution in [-0.4, -0.2) is 13.0 Å². The Labute approximate surface area is 217 Å². The first-order chi connectivity index (χ1) is 18.2. The van der Waals surface area contributed by atoms with Gasteiger partial charge in [-0.2, -0.15) is 0 Å². The predicted octanol–water partition coefficient (Wildman–Crippen LogP) is 7.52. The number of carbonyl (C=O) groups is 1. The molecule has 1 aliphatic heterocycles. The molecule has 3 unspecified atom stereocenters. The maximum atomic E-state index is 13.5. The molecule has 4 aromatic carbocycles. The summed E-state index contributed by atoms with van der Waals surface area (Å²) in [6, 6.07) is 32.1. The van der Waals surface area contributed by atoms with Crippen LogP contribution in [0, 0.1) is 5.92 Å². The number of anilines is 4. The molecular weight excluding hydrogens is 458 g/mol. The van der Waals surface area contributed by atoms with E-state index in [-0.39, 0.29) is 17.9 Å². The molecule has 2 aliphatic rings. The number of nitrogens with one attached hydrogen (secondary N) is 3. The summed E-state index contributed by atoms with van der Waals surface area (Å²) >= 11 is 0. The summed E-state index contributed by atoms with van der Waals surface area (Å²) in [6.45, 7) is 0. The van der Waals surface area contributed by atoms with Crippen LogP contribution in [0.15, 0.2) is 109 Å². The number of methoxy groups -OCH3 is 1. The Morgan fingerprint density at radius 3 is 2.32 bits per heavy atom. The number of carbonyl (C=O) groups excluding carboxylic acids is 1. The van der Waals surface area contributed by atoms with Crippen LogP contribution < -0.4 is 20.7 Å².